The van der Waals surface area contributed by atoms with Gasteiger partial charge < -0.3 is 14.8 Å². The maximum atomic E-state index is 12.4. The van der Waals surface area contributed by atoms with Crippen LogP contribution in [0.15, 0.2) is 18.2 Å². The third kappa shape index (κ3) is 6.45. The van der Waals surface area contributed by atoms with E-state index in [0.717, 1.165) is 19.6 Å². The lowest BCUT2D eigenvalue weighted by atomic mass is 10.1. The Bertz CT molecular complexity index is 500. The van der Waals surface area contributed by atoms with Crippen LogP contribution in [-0.4, -0.2) is 43.5 Å². The summed E-state index contributed by atoms with van der Waals surface area (Å²) >= 11 is 0. The van der Waals surface area contributed by atoms with E-state index in [1.54, 1.807) is 0 Å². The highest BCUT2D eigenvalue weighted by molar-refractivity contribution is 5.85. The highest BCUT2D eigenvalue weighted by atomic mass is 35.5. The van der Waals surface area contributed by atoms with Gasteiger partial charge in [0.25, 0.3) is 0 Å². The molecular weight excluding hydrogens is 333 g/mol. The van der Waals surface area contributed by atoms with Crippen molar-refractivity contribution in [1.29, 1.82) is 0 Å². The Hall–Kier alpha value is -1.18. The van der Waals surface area contributed by atoms with E-state index in [-0.39, 0.29) is 18.2 Å². The zero-order chi connectivity index (χ0) is 16.2. The van der Waals surface area contributed by atoms with Crippen molar-refractivity contribution in [2.24, 2.45) is 0 Å². The molecule has 1 aliphatic rings. The minimum Gasteiger partial charge on any atom is -0.494 e. The van der Waals surface area contributed by atoms with Crippen molar-refractivity contribution in [3.63, 3.8) is 0 Å². The van der Waals surface area contributed by atoms with Gasteiger partial charge in [-0.2, -0.15) is 0 Å². The molecule has 0 amide bonds. The topological polar surface area (TPSA) is 33.7 Å². The molecule has 1 fully saturated rings. The van der Waals surface area contributed by atoms with E-state index in [2.05, 4.69) is 21.9 Å². The van der Waals surface area contributed by atoms with Gasteiger partial charge in [0.2, 0.25) is 0 Å². The van der Waals surface area contributed by atoms with Gasteiger partial charge in [0, 0.05) is 37.8 Å². The molecule has 0 unspecified atom stereocenters. The molecule has 23 heavy (non-hydrogen) atoms. The van der Waals surface area contributed by atoms with Crippen LogP contribution in [0, 0.1) is 0 Å². The lowest BCUT2D eigenvalue weighted by Crippen LogP contribution is -2.48. The first-order valence-electron chi connectivity index (χ1n) is 7.34. The molecule has 2 rings (SSSR count). The fourth-order valence-corrected chi connectivity index (χ4v) is 2.57. The lowest BCUT2D eigenvalue weighted by molar-refractivity contribution is -0.274. The molecule has 8 heteroatoms. The van der Waals surface area contributed by atoms with Gasteiger partial charge in [-0.25, -0.2) is 0 Å². The number of nitrogens with zero attached hydrogens (tertiary/aromatic N) is 1. The summed E-state index contributed by atoms with van der Waals surface area (Å²) in [5.41, 5.74) is 0.706. The molecule has 1 heterocycles. The van der Waals surface area contributed by atoms with Gasteiger partial charge in [0.1, 0.15) is 11.5 Å². The summed E-state index contributed by atoms with van der Waals surface area (Å²) in [5, 5.41) is 3.33. The van der Waals surface area contributed by atoms with Crippen LogP contribution < -0.4 is 14.8 Å². The van der Waals surface area contributed by atoms with Crippen LogP contribution in [0.2, 0.25) is 0 Å². The molecule has 1 aliphatic heterocycles. The number of hydrogen-bond acceptors (Lipinski definition) is 4. The summed E-state index contributed by atoms with van der Waals surface area (Å²) in [6.07, 6.45) is -4.69. The maximum Gasteiger partial charge on any atom is 0.573 e. The van der Waals surface area contributed by atoms with E-state index < -0.39 is 6.36 Å². The number of hydrogen-bond donors (Lipinski definition) is 1. The third-order valence-corrected chi connectivity index (χ3v) is 3.41. The van der Waals surface area contributed by atoms with E-state index in [0.29, 0.717) is 30.5 Å². The van der Waals surface area contributed by atoms with Crippen LogP contribution in [0.5, 0.6) is 11.5 Å². The molecule has 1 aromatic rings. The number of ether oxygens (including phenoxy) is 2. The number of rotatable bonds is 5. The van der Waals surface area contributed by atoms with Gasteiger partial charge in [-0.15, -0.1) is 25.6 Å². The van der Waals surface area contributed by atoms with Gasteiger partial charge in [0.05, 0.1) is 6.61 Å². The summed E-state index contributed by atoms with van der Waals surface area (Å²) in [6.45, 7) is 7.48. The quantitative estimate of drug-likeness (QED) is 0.880. The predicted octanol–water partition coefficient (Wildman–Crippen LogP) is 3.20. The Morgan fingerprint density at radius 3 is 2.70 bits per heavy atom. The minimum atomic E-state index is -4.69. The summed E-state index contributed by atoms with van der Waals surface area (Å²) in [7, 11) is 0. The maximum absolute atomic E-state index is 12.4. The fraction of sp³-hybridized carbons (Fsp3) is 0.600. The zero-order valence-corrected chi connectivity index (χ0v) is 14.0. The van der Waals surface area contributed by atoms with Crippen LogP contribution in [0.25, 0.3) is 0 Å². The molecule has 1 aromatic carbocycles. The van der Waals surface area contributed by atoms with Crippen LogP contribution in [0.3, 0.4) is 0 Å². The molecular formula is C15H22ClF3N2O2. The average molecular weight is 355 g/mol. The van der Waals surface area contributed by atoms with Gasteiger partial charge in [0.15, 0.2) is 0 Å². The fourth-order valence-electron chi connectivity index (χ4n) is 2.57. The Morgan fingerprint density at radius 1 is 1.35 bits per heavy atom. The highest BCUT2D eigenvalue weighted by Gasteiger charge is 2.31. The first-order chi connectivity index (χ1) is 10.4. The molecule has 0 spiro atoms. The van der Waals surface area contributed by atoms with Gasteiger partial charge in [-0.1, -0.05) is 0 Å². The van der Waals surface area contributed by atoms with Gasteiger partial charge >= 0.3 is 6.36 Å². The Labute approximate surface area is 140 Å². The Morgan fingerprint density at radius 2 is 2.09 bits per heavy atom. The molecule has 4 nitrogen and oxygen atoms in total. The second-order valence-electron chi connectivity index (χ2n) is 5.34. The van der Waals surface area contributed by atoms with E-state index >= 15 is 0 Å². The van der Waals surface area contributed by atoms with Crippen molar-refractivity contribution in [3.8, 4) is 11.5 Å². The largest absolute Gasteiger partial charge is 0.573 e. The predicted molar refractivity (Wildman–Crippen MR) is 84.3 cm³/mol. The van der Waals surface area contributed by atoms with Gasteiger partial charge in [-0.05, 0) is 32.0 Å². The Kier molecular flexibility index (Phi) is 7.44. The first-order valence-corrected chi connectivity index (χ1v) is 7.34. The van der Waals surface area contributed by atoms with E-state index in [9.17, 15) is 13.2 Å². The molecule has 1 atom stereocenters. The number of nitrogens with one attached hydrogen (secondary N) is 1. The second kappa shape index (κ2) is 8.61. The van der Waals surface area contributed by atoms with Crippen molar-refractivity contribution in [3.05, 3.63) is 23.8 Å². The van der Waals surface area contributed by atoms with Crippen LogP contribution >= 0.6 is 12.4 Å². The molecule has 0 saturated carbocycles. The first kappa shape index (κ1) is 19.9. The summed E-state index contributed by atoms with van der Waals surface area (Å²) in [6, 6.07) is 4.58. The molecule has 1 N–H and O–H groups in total. The molecule has 1 saturated heterocycles. The van der Waals surface area contributed by atoms with Crippen molar-refractivity contribution in [2.45, 2.75) is 32.8 Å². The third-order valence-electron chi connectivity index (χ3n) is 3.41. The van der Waals surface area contributed by atoms with E-state index in [4.69, 9.17) is 4.74 Å². The lowest BCUT2D eigenvalue weighted by Gasteiger charge is -2.32. The van der Waals surface area contributed by atoms with Crippen LogP contribution in [-0.2, 0) is 6.54 Å². The van der Waals surface area contributed by atoms with E-state index in [1.807, 2.05) is 6.92 Å². The Balaban J connectivity index is 0.00000264. The van der Waals surface area contributed by atoms with Crippen molar-refractivity contribution >= 4 is 12.4 Å². The average Bonchev–Trinajstić information content (AvgIpc) is 2.40. The number of alkyl halides is 3. The minimum absolute atomic E-state index is 0. The SMILES string of the molecule is CCOc1ccc(OC(F)(F)F)cc1CN1CCN[C@@H](C)C1.Cl. The van der Waals surface area contributed by atoms with E-state index in [1.165, 1.54) is 18.2 Å². The van der Waals surface area contributed by atoms with Crippen LogP contribution in [0.4, 0.5) is 13.2 Å². The molecule has 0 radical (unpaired) electrons. The molecule has 132 valence electrons. The number of benzene rings is 1. The van der Waals surface area contributed by atoms with Crippen molar-refractivity contribution < 1.29 is 22.6 Å². The van der Waals surface area contributed by atoms with Gasteiger partial charge in [-0.3, -0.25) is 4.90 Å². The number of piperazine rings is 1. The normalized spacial score (nSPS) is 19.1. The highest BCUT2D eigenvalue weighted by Crippen LogP contribution is 2.29. The van der Waals surface area contributed by atoms with Crippen LogP contribution in [0.1, 0.15) is 19.4 Å². The molecule has 0 aromatic heterocycles. The molecule has 0 bridgehead atoms. The molecule has 0 aliphatic carbocycles. The zero-order valence-electron chi connectivity index (χ0n) is 13.2. The monoisotopic (exact) mass is 354 g/mol. The summed E-state index contributed by atoms with van der Waals surface area (Å²) in [4.78, 5) is 2.19. The van der Waals surface area contributed by atoms with Crippen molar-refractivity contribution in [2.75, 3.05) is 26.2 Å². The standard InChI is InChI=1S/C15H21F3N2O2.ClH/c1-3-21-14-5-4-13(22-15(16,17)18)8-12(14)10-20-7-6-19-11(2)9-20;/h4-5,8,11,19H,3,6-7,9-10H2,1-2H3;1H/t11-;/m0./s1. The number of halogens is 4. The van der Waals surface area contributed by atoms with Crippen molar-refractivity contribution in [1.82, 2.24) is 10.2 Å². The summed E-state index contributed by atoms with van der Waals surface area (Å²) < 4.78 is 46.6. The summed E-state index contributed by atoms with van der Waals surface area (Å²) in [5.74, 6) is 0.386. The second-order valence-corrected chi connectivity index (χ2v) is 5.34. The smallest absolute Gasteiger partial charge is 0.494 e.